The van der Waals surface area contributed by atoms with Crippen molar-refractivity contribution in [3.8, 4) is 5.75 Å². The summed E-state index contributed by atoms with van der Waals surface area (Å²) in [5.41, 5.74) is -0.607. The molecule has 0 saturated carbocycles. The topological polar surface area (TPSA) is 39.2 Å². The smallest absolute Gasteiger partial charge is 0.387 e. The van der Waals surface area contributed by atoms with Crippen molar-refractivity contribution in [3.63, 3.8) is 0 Å². The highest BCUT2D eigenvalue weighted by Crippen LogP contribution is 2.17. The van der Waals surface area contributed by atoms with Crippen LogP contribution < -0.4 is 4.74 Å². The van der Waals surface area contributed by atoms with Crippen LogP contribution in [-0.4, -0.2) is 16.8 Å². The quantitative estimate of drug-likeness (QED) is 0.585. The molecule has 0 aliphatic rings. The molecule has 1 heterocycles. The molecular weight excluding hydrogens is 223 g/mol. The average Bonchev–Trinajstić information content (AvgIpc) is 2.07. The zero-order valence-corrected chi connectivity index (χ0v) is 7.26. The summed E-state index contributed by atoms with van der Waals surface area (Å²) in [5, 5.41) is -1.13. The predicted octanol–water partition coefficient (Wildman–Crippen LogP) is 2.20. The Bertz CT molecular complexity index is 359. The Hall–Kier alpha value is -1.30. The van der Waals surface area contributed by atoms with Crippen LogP contribution in [-0.2, 0) is 0 Å². The molecule has 0 spiro atoms. The zero-order valence-electron chi connectivity index (χ0n) is 6.51. The summed E-state index contributed by atoms with van der Waals surface area (Å²) in [5.74, 6) is -1.56. The number of alkyl halides is 2. The highest BCUT2D eigenvalue weighted by Gasteiger charge is 2.13. The molecule has 0 aliphatic heterocycles. The van der Waals surface area contributed by atoms with Crippen LogP contribution >= 0.6 is 11.6 Å². The lowest BCUT2D eigenvalue weighted by molar-refractivity contribution is -0.0501. The molecule has 0 bridgehead atoms. The van der Waals surface area contributed by atoms with Crippen LogP contribution in [0.15, 0.2) is 12.3 Å². The number of nitrogens with zero attached hydrogens (tertiary/aromatic N) is 1. The molecule has 0 N–H and O–H groups in total. The van der Waals surface area contributed by atoms with E-state index in [9.17, 15) is 18.0 Å². The second-order valence-corrected chi connectivity index (χ2v) is 2.50. The number of carbonyl (C=O) groups excluding carboxylic acids is 1. The fourth-order valence-electron chi connectivity index (χ4n) is 0.734. The normalized spacial score (nSPS) is 10.4. The van der Waals surface area contributed by atoms with Crippen molar-refractivity contribution in [1.29, 1.82) is 0 Å². The summed E-state index contributed by atoms with van der Waals surface area (Å²) < 4.78 is 40.0. The third-order valence-corrected chi connectivity index (χ3v) is 1.45. The maximum atomic E-state index is 12.7. The Kier molecular flexibility index (Phi) is 3.29. The van der Waals surface area contributed by atoms with Crippen LogP contribution in [0.1, 0.15) is 10.4 Å². The fraction of sp³-hybridized carbons (Fsp3) is 0.143. The second kappa shape index (κ2) is 4.28. The van der Waals surface area contributed by atoms with Crippen molar-refractivity contribution < 1.29 is 22.7 Å². The Morgan fingerprint density at radius 2 is 2.21 bits per heavy atom. The minimum absolute atomic E-state index is 0.426. The Balaban J connectivity index is 3.00. The Morgan fingerprint density at radius 1 is 1.57 bits per heavy atom. The maximum absolute atomic E-state index is 12.7. The number of ether oxygens (including phenoxy) is 1. The number of hydrogen-bond acceptors (Lipinski definition) is 3. The Labute approximate surface area is 81.5 Å². The van der Waals surface area contributed by atoms with Gasteiger partial charge < -0.3 is 4.74 Å². The molecule has 0 fully saturated rings. The first-order valence-electron chi connectivity index (χ1n) is 3.31. The molecule has 0 saturated heterocycles. The van der Waals surface area contributed by atoms with Crippen molar-refractivity contribution in [2.24, 2.45) is 0 Å². The fourth-order valence-corrected chi connectivity index (χ4v) is 0.867. The van der Waals surface area contributed by atoms with E-state index in [-0.39, 0.29) is 0 Å². The minimum Gasteiger partial charge on any atom is -0.433 e. The second-order valence-electron chi connectivity index (χ2n) is 2.16. The third kappa shape index (κ3) is 2.59. The van der Waals surface area contributed by atoms with Crippen LogP contribution in [0.25, 0.3) is 0 Å². The first kappa shape index (κ1) is 10.8. The van der Waals surface area contributed by atoms with Gasteiger partial charge in [-0.25, -0.2) is 4.98 Å². The van der Waals surface area contributed by atoms with Gasteiger partial charge in [-0.3, -0.25) is 4.79 Å². The number of hydrogen-bond donors (Lipinski definition) is 0. The van der Waals surface area contributed by atoms with Gasteiger partial charge in [-0.2, -0.15) is 13.2 Å². The number of pyridine rings is 1. The van der Waals surface area contributed by atoms with Gasteiger partial charge in [0.2, 0.25) is 5.95 Å². The van der Waals surface area contributed by atoms with Gasteiger partial charge in [-0.05, 0) is 17.7 Å². The molecule has 0 aliphatic carbocycles. The Morgan fingerprint density at radius 3 is 2.71 bits per heavy atom. The van der Waals surface area contributed by atoms with Crippen molar-refractivity contribution in [3.05, 3.63) is 23.8 Å². The van der Waals surface area contributed by atoms with Crippen molar-refractivity contribution >= 4 is 16.8 Å². The summed E-state index contributed by atoms with van der Waals surface area (Å²) in [6.07, 6.45) is 0.727. The SMILES string of the molecule is O=C(Cl)c1cc(OC(F)F)cnc1F. The van der Waals surface area contributed by atoms with Crippen LogP contribution in [0.3, 0.4) is 0 Å². The van der Waals surface area contributed by atoms with E-state index in [4.69, 9.17) is 11.6 Å². The lowest BCUT2D eigenvalue weighted by atomic mass is 10.3. The van der Waals surface area contributed by atoms with Crippen LogP contribution in [0.5, 0.6) is 5.75 Å². The van der Waals surface area contributed by atoms with Gasteiger partial charge in [0.25, 0.3) is 5.24 Å². The molecule has 0 amide bonds. The van der Waals surface area contributed by atoms with E-state index in [1.54, 1.807) is 0 Å². The first-order chi connectivity index (χ1) is 6.50. The zero-order chi connectivity index (χ0) is 10.7. The summed E-state index contributed by atoms with van der Waals surface area (Å²) in [4.78, 5) is 13.6. The van der Waals surface area contributed by atoms with Gasteiger partial charge in [0.15, 0.2) is 0 Å². The molecule has 1 aromatic heterocycles. The van der Waals surface area contributed by atoms with E-state index < -0.39 is 29.1 Å². The number of rotatable bonds is 3. The molecule has 76 valence electrons. The van der Waals surface area contributed by atoms with Gasteiger partial charge >= 0.3 is 6.61 Å². The maximum Gasteiger partial charge on any atom is 0.387 e. The van der Waals surface area contributed by atoms with E-state index in [1.807, 2.05) is 0 Å². The van der Waals surface area contributed by atoms with Crippen LogP contribution in [0, 0.1) is 5.95 Å². The number of aromatic nitrogens is 1. The summed E-state index contributed by atoms with van der Waals surface area (Å²) in [6.45, 7) is -3.07. The predicted molar refractivity (Wildman–Crippen MR) is 41.0 cm³/mol. The van der Waals surface area contributed by atoms with E-state index in [0.29, 0.717) is 0 Å². The first-order valence-corrected chi connectivity index (χ1v) is 3.68. The standard InChI is InChI=1S/C7H3ClF3NO2/c8-5(13)4-1-3(14-7(10)11)2-12-6(4)9/h1-2,7H. The van der Waals surface area contributed by atoms with E-state index in [1.165, 1.54) is 0 Å². The third-order valence-electron chi connectivity index (χ3n) is 1.25. The lowest BCUT2D eigenvalue weighted by Gasteiger charge is -2.04. The summed E-state index contributed by atoms with van der Waals surface area (Å²) >= 11 is 4.96. The van der Waals surface area contributed by atoms with Crippen molar-refractivity contribution in [2.45, 2.75) is 6.61 Å². The van der Waals surface area contributed by atoms with Gasteiger partial charge in [-0.15, -0.1) is 0 Å². The molecule has 1 rings (SSSR count). The van der Waals surface area contributed by atoms with Gasteiger partial charge in [0.05, 0.1) is 11.8 Å². The van der Waals surface area contributed by atoms with Crippen molar-refractivity contribution in [2.75, 3.05) is 0 Å². The van der Waals surface area contributed by atoms with Gasteiger partial charge in [-0.1, -0.05) is 0 Å². The average molecular weight is 226 g/mol. The summed E-state index contributed by atoms with van der Waals surface area (Å²) in [6, 6.07) is 0.754. The monoisotopic (exact) mass is 225 g/mol. The lowest BCUT2D eigenvalue weighted by Crippen LogP contribution is -2.05. The molecule has 7 heteroatoms. The highest BCUT2D eigenvalue weighted by molar-refractivity contribution is 6.67. The van der Waals surface area contributed by atoms with Crippen molar-refractivity contribution in [1.82, 2.24) is 4.98 Å². The van der Waals surface area contributed by atoms with Gasteiger partial charge in [0, 0.05) is 0 Å². The molecule has 0 radical (unpaired) electrons. The summed E-state index contributed by atoms with van der Waals surface area (Å²) in [7, 11) is 0. The number of carbonyl (C=O) groups is 1. The largest absolute Gasteiger partial charge is 0.433 e. The van der Waals surface area contributed by atoms with E-state index in [2.05, 4.69) is 9.72 Å². The van der Waals surface area contributed by atoms with E-state index >= 15 is 0 Å². The number of halogens is 4. The molecular formula is C7H3ClF3NO2. The van der Waals surface area contributed by atoms with E-state index in [0.717, 1.165) is 12.3 Å². The van der Waals surface area contributed by atoms with Crippen LogP contribution in [0.2, 0.25) is 0 Å². The minimum atomic E-state index is -3.07. The molecule has 0 unspecified atom stereocenters. The molecule has 14 heavy (non-hydrogen) atoms. The highest BCUT2D eigenvalue weighted by atomic mass is 35.5. The molecule has 3 nitrogen and oxygen atoms in total. The van der Waals surface area contributed by atoms with Crippen LogP contribution in [0.4, 0.5) is 13.2 Å². The molecule has 0 atom stereocenters. The molecule has 0 aromatic carbocycles. The molecule has 1 aromatic rings. The van der Waals surface area contributed by atoms with Gasteiger partial charge in [0.1, 0.15) is 5.75 Å².